The summed E-state index contributed by atoms with van der Waals surface area (Å²) in [5, 5.41) is 2.79. The van der Waals surface area contributed by atoms with Crippen molar-refractivity contribution in [2.24, 2.45) is 0 Å². The van der Waals surface area contributed by atoms with Gasteiger partial charge in [0.15, 0.2) is 0 Å². The smallest absolute Gasteiger partial charge is 0.334 e. The number of amides is 1. The van der Waals surface area contributed by atoms with Gasteiger partial charge in [-0.2, -0.15) is 0 Å². The van der Waals surface area contributed by atoms with Crippen LogP contribution in [0.1, 0.15) is 15.9 Å². The number of carbonyl (C=O) groups is 2. The summed E-state index contributed by atoms with van der Waals surface area (Å²) in [6.45, 7) is 0. The minimum atomic E-state index is -0.787. The molecule has 26 heavy (non-hydrogen) atoms. The third kappa shape index (κ3) is 4.80. The number of carbonyl (C=O) groups excluding carboxylic acids is 2. The maximum Gasteiger partial charge on any atom is 0.334 e. The fraction of sp³-hybridized carbons (Fsp3) is 0.0909. The Hall–Kier alpha value is -3.40. The maximum absolute atomic E-state index is 12.6. The molecular formula is C22H19NO3. The van der Waals surface area contributed by atoms with Crippen LogP contribution >= 0.6 is 0 Å². The fourth-order valence-corrected chi connectivity index (χ4v) is 2.55. The van der Waals surface area contributed by atoms with Crippen LogP contribution in [0.2, 0.25) is 0 Å². The van der Waals surface area contributed by atoms with Gasteiger partial charge in [-0.3, -0.25) is 4.79 Å². The minimum Gasteiger partial charge on any atom is -0.425 e. The van der Waals surface area contributed by atoms with Gasteiger partial charge in [-0.1, -0.05) is 66.7 Å². The Kier molecular flexibility index (Phi) is 5.78. The predicted octanol–water partition coefficient (Wildman–Crippen LogP) is 3.63. The van der Waals surface area contributed by atoms with Crippen molar-refractivity contribution in [1.82, 2.24) is 5.32 Å². The van der Waals surface area contributed by atoms with Gasteiger partial charge in [0.05, 0.1) is 0 Å². The summed E-state index contributed by atoms with van der Waals surface area (Å²) in [7, 11) is 0. The molecule has 4 nitrogen and oxygen atoms in total. The van der Waals surface area contributed by atoms with Crippen LogP contribution in [-0.4, -0.2) is 17.9 Å². The van der Waals surface area contributed by atoms with Gasteiger partial charge in [0.2, 0.25) is 0 Å². The topological polar surface area (TPSA) is 55.4 Å². The van der Waals surface area contributed by atoms with Crippen LogP contribution in [0.4, 0.5) is 0 Å². The summed E-state index contributed by atoms with van der Waals surface area (Å²) in [5.41, 5.74) is 1.44. The highest BCUT2D eigenvalue weighted by atomic mass is 16.5. The molecule has 1 amide bonds. The molecule has 0 saturated carbocycles. The van der Waals surface area contributed by atoms with E-state index in [-0.39, 0.29) is 5.91 Å². The number of esters is 1. The molecule has 130 valence electrons. The zero-order valence-electron chi connectivity index (χ0n) is 14.2. The number of para-hydroxylation sites is 1. The second-order valence-electron chi connectivity index (χ2n) is 5.82. The van der Waals surface area contributed by atoms with Crippen LogP contribution in [0.15, 0.2) is 91.0 Å². The SMILES string of the molecule is O=C(N[C@@H](Cc1ccccc1)C(=O)Oc1ccccc1)c1ccccc1. The molecule has 0 aliphatic rings. The molecular weight excluding hydrogens is 326 g/mol. The zero-order chi connectivity index (χ0) is 18.2. The first-order valence-electron chi connectivity index (χ1n) is 8.39. The third-order valence-corrected chi connectivity index (χ3v) is 3.87. The Morgan fingerprint density at radius 1 is 0.769 bits per heavy atom. The first-order chi connectivity index (χ1) is 12.7. The average Bonchev–Trinajstić information content (AvgIpc) is 2.69. The van der Waals surface area contributed by atoms with E-state index in [0.717, 1.165) is 5.56 Å². The molecule has 4 heteroatoms. The Morgan fingerprint density at radius 2 is 1.31 bits per heavy atom. The van der Waals surface area contributed by atoms with Crippen LogP contribution < -0.4 is 10.1 Å². The van der Waals surface area contributed by atoms with Gasteiger partial charge in [0, 0.05) is 12.0 Å². The normalized spacial score (nSPS) is 11.4. The monoisotopic (exact) mass is 345 g/mol. The van der Waals surface area contributed by atoms with Crippen molar-refractivity contribution in [1.29, 1.82) is 0 Å². The van der Waals surface area contributed by atoms with Gasteiger partial charge in [0.1, 0.15) is 11.8 Å². The van der Waals surface area contributed by atoms with Crippen LogP contribution in [-0.2, 0) is 11.2 Å². The van der Waals surface area contributed by atoms with E-state index in [0.29, 0.717) is 17.7 Å². The van der Waals surface area contributed by atoms with Crippen molar-refractivity contribution in [3.8, 4) is 5.75 Å². The standard InChI is InChI=1S/C22H19NO3/c24-21(18-12-6-2-7-13-18)23-20(16-17-10-4-1-5-11-17)22(25)26-19-14-8-3-9-15-19/h1-15,20H,16H2,(H,23,24)/t20-/m0/s1. The summed E-state index contributed by atoms with van der Waals surface area (Å²) in [4.78, 5) is 25.1. The summed E-state index contributed by atoms with van der Waals surface area (Å²) in [5.74, 6) is -0.356. The molecule has 0 aliphatic carbocycles. The van der Waals surface area contributed by atoms with Gasteiger partial charge >= 0.3 is 5.97 Å². The van der Waals surface area contributed by atoms with Crippen molar-refractivity contribution < 1.29 is 14.3 Å². The molecule has 3 aromatic carbocycles. The molecule has 0 saturated heterocycles. The van der Waals surface area contributed by atoms with Crippen LogP contribution in [0.25, 0.3) is 0 Å². The van der Waals surface area contributed by atoms with Crippen molar-refractivity contribution in [3.63, 3.8) is 0 Å². The van der Waals surface area contributed by atoms with Crippen molar-refractivity contribution >= 4 is 11.9 Å². The van der Waals surface area contributed by atoms with E-state index < -0.39 is 12.0 Å². The summed E-state index contributed by atoms with van der Waals surface area (Å²) < 4.78 is 5.43. The quantitative estimate of drug-likeness (QED) is 0.548. The van der Waals surface area contributed by atoms with Crippen molar-refractivity contribution in [3.05, 3.63) is 102 Å². The molecule has 0 bridgehead atoms. The molecule has 3 aromatic rings. The molecule has 1 N–H and O–H groups in total. The number of benzene rings is 3. The Bertz CT molecular complexity index is 848. The van der Waals surface area contributed by atoms with Gasteiger partial charge in [0.25, 0.3) is 5.91 Å². The second-order valence-corrected chi connectivity index (χ2v) is 5.82. The first kappa shape index (κ1) is 17.4. The zero-order valence-corrected chi connectivity index (χ0v) is 14.2. The molecule has 0 aromatic heterocycles. The molecule has 0 aliphatic heterocycles. The Morgan fingerprint density at radius 3 is 1.92 bits per heavy atom. The number of hydrogen-bond acceptors (Lipinski definition) is 3. The molecule has 0 spiro atoms. The Balaban J connectivity index is 1.76. The van der Waals surface area contributed by atoms with Crippen LogP contribution in [0, 0.1) is 0 Å². The summed E-state index contributed by atoms with van der Waals surface area (Å²) >= 11 is 0. The highest BCUT2D eigenvalue weighted by Gasteiger charge is 2.24. The number of ether oxygens (including phenoxy) is 1. The van der Waals surface area contributed by atoms with Gasteiger partial charge in [-0.15, -0.1) is 0 Å². The highest BCUT2D eigenvalue weighted by molar-refractivity contribution is 5.97. The van der Waals surface area contributed by atoms with E-state index in [1.165, 1.54) is 0 Å². The average molecular weight is 345 g/mol. The lowest BCUT2D eigenvalue weighted by molar-refractivity contribution is -0.136. The highest BCUT2D eigenvalue weighted by Crippen LogP contribution is 2.12. The van der Waals surface area contributed by atoms with E-state index in [4.69, 9.17) is 4.74 Å². The van der Waals surface area contributed by atoms with Crippen molar-refractivity contribution in [2.45, 2.75) is 12.5 Å². The summed E-state index contributed by atoms with van der Waals surface area (Å²) in [6, 6.07) is 26.4. The molecule has 0 radical (unpaired) electrons. The molecule has 3 rings (SSSR count). The third-order valence-electron chi connectivity index (χ3n) is 3.87. The largest absolute Gasteiger partial charge is 0.425 e. The lowest BCUT2D eigenvalue weighted by Gasteiger charge is -2.18. The van der Waals surface area contributed by atoms with E-state index in [1.54, 1.807) is 48.5 Å². The predicted molar refractivity (Wildman–Crippen MR) is 99.9 cm³/mol. The minimum absolute atomic E-state index is 0.309. The molecule has 0 unspecified atom stereocenters. The lowest BCUT2D eigenvalue weighted by Crippen LogP contribution is -2.44. The van der Waals surface area contributed by atoms with E-state index in [9.17, 15) is 9.59 Å². The number of nitrogens with one attached hydrogen (secondary N) is 1. The fourth-order valence-electron chi connectivity index (χ4n) is 2.55. The maximum atomic E-state index is 12.6. The van der Waals surface area contributed by atoms with Crippen molar-refractivity contribution in [2.75, 3.05) is 0 Å². The van der Waals surface area contributed by atoms with E-state index in [1.807, 2.05) is 42.5 Å². The summed E-state index contributed by atoms with van der Waals surface area (Å²) in [6.07, 6.45) is 0.352. The van der Waals surface area contributed by atoms with E-state index in [2.05, 4.69) is 5.32 Å². The molecule has 0 heterocycles. The van der Waals surface area contributed by atoms with Crippen LogP contribution in [0.3, 0.4) is 0 Å². The van der Waals surface area contributed by atoms with Gasteiger partial charge in [-0.25, -0.2) is 4.79 Å². The lowest BCUT2D eigenvalue weighted by atomic mass is 10.1. The number of hydrogen-bond donors (Lipinski definition) is 1. The first-order valence-corrected chi connectivity index (χ1v) is 8.39. The molecule has 0 fully saturated rings. The second kappa shape index (κ2) is 8.62. The molecule has 1 atom stereocenters. The van der Waals surface area contributed by atoms with Gasteiger partial charge < -0.3 is 10.1 Å². The van der Waals surface area contributed by atoms with E-state index >= 15 is 0 Å². The van der Waals surface area contributed by atoms with Gasteiger partial charge in [-0.05, 0) is 29.8 Å². The number of rotatable bonds is 6. The van der Waals surface area contributed by atoms with Crippen LogP contribution in [0.5, 0.6) is 5.75 Å². The Labute approximate surface area is 152 Å².